The highest BCUT2D eigenvalue weighted by Gasteiger charge is 2.17. The van der Waals surface area contributed by atoms with Crippen LogP contribution < -0.4 is 21.9 Å². The molecule has 2 heterocycles. The Morgan fingerprint density at radius 1 is 1.06 bits per heavy atom. The van der Waals surface area contributed by atoms with Crippen molar-refractivity contribution in [2.24, 2.45) is 0 Å². The van der Waals surface area contributed by atoms with E-state index >= 15 is 4.39 Å². The molecule has 0 aliphatic carbocycles. The van der Waals surface area contributed by atoms with Crippen LogP contribution in [0.2, 0.25) is 0 Å². The van der Waals surface area contributed by atoms with Gasteiger partial charge >= 0.3 is 6.03 Å². The van der Waals surface area contributed by atoms with Crippen LogP contribution in [0, 0.1) is 19.7 Å². The SMILES string of the molecule is CCn1c(=O)c(-c2cc(NC(=O)Nc3ccc(C)cc3)c(C)cc2F)cc2cnc(N)cc21. The van der Waals surface area contributed by atoms with Crippen molar-refractivity contribution in [3.8, 4) is 11.1 Å². The summed E-state index contributed by atoms with van der Waals surface area (Å²) in [6.45, 7) is 5.85. The van der Waals surface area contributed by atoms with Gasteiger partial charge in [-0.15, -0.1) is 0 Å². The van der Waals surface area contributed by atoms with Gasteiger partial charge in [0.2, 0.25) is 0 Å². The Balaban J connectivity index is 1.74. The van der Waals surface area contributed by atoms with E-state index in [0.29, 0.717) is 40.2 Å². The molecule has 0 atom stereocenters. The molecule has 8 heteroatoms. The summed E-state index contributed by atoms with van der Waals surface area (Å²) in [5, 5.41) is 6.16. The van der Waals surface area contributed by atoms with Crippen molar-refractivity contribution in [2.45, 2.75) is 27.3 Å². The maximum atomic E-state index is 15.0. The number of amides is 2. The lowest BCUT2D eigenvalue weighted by Crippen LogP contribution is -2.22. The van der Waals surface area contributed by atoms with Gasteiger partial charge < -0.3 is 20.9 Å². The highest BCUT2D eigenvalue weighted by Crippen LogP contribution is 2.29. The minimum Gasteiger partial charge on any atom is -0.384 e. The number of nitrogens with zero attached hydrogens (tertiary/aromatic N) is 2. The maximum absolute atomic E-state index is 15.0. The number of hydrogen-bond donors (Lipinski definition) is 3. The average Bonchev–Trinajstić information content (AvgIpc) is 2.77. The number of nitrogens with two attached hydrogens (primary N) is 1. The van der Waals surface area contributed by atoms with Gasteiger partial charge in [0, 0.05) is 41.1 Å². The van der Waals surface area contributed by atoms with E-state index in [1.54, 1.807) is 37.4 Å². The van der Waals surface area contributed by atoms with Crippen LogP contribution in [0.25, 0.3) is 22.0 Å². The summed E-state index contributed by atoms with van der Waals surface area (Å²) in [6.07, 6.45) is 1.56. The Bertz CT molecular complexity index is 1430. The van der Waals surface area contributed by atoms with E-state index in [9.17, 15) is 9.59 Å². The van der Waals surface area contributed by atoms with E-state index in [0.717, 1.165) is 5.56 Å². The fraction of sp³-hybridized carbons (Fsp3) is 0.160. The van der Waals surface area contributed by atoms with E-state index in [4.69, 9.17) is 5.73 Å². The summed E-state index contributed by atoms with van der Waals surface area (Å²) in [7, 11) is 0. The van der Waals surface area contributed by atoms with Crippen molar-refractivity contribution in [3.05, 3.63) is 82.0 Å². The number of benzene rings is 2. The zero-order valence-corrected chi connectivity index (χ0v) is 18.6. The van der Waals surface area contributed by atoms with E-state index in [1.165, 1.54) is 16.7 Å². The second kappa shape index (κ2) is 8.74. The van der Waals surface area contributed by atoms with Gasteiger partial charge in [-0.2, -0.15) is 0 Å². The molecule has 0 fully saturated rings. The normalized spacial score (nSPS) is 10.9. The number of anilines is 3. The van der Waals surface area contributed by atoms with E-state index < -0.39 is 11.8 Å². The molecule has 0 radical (unpaired) electrons. The summed E-state index contributed by atoms with van der Waals surface area (Å²) in [4.78, 5) is 29.8. The predicted molar refractivity (Wildman–Crippen MR) is 130 cm³/mol. The lowest BCUT2D eigenvalue weighted by Gasteiger charge is -2.15. The fourth-order valence-corrected chi connectivity index (χ4v) is 3.73. The van der Waals surface area contributed by atoms with Gasteiger partial charge in [0.1, 0.15) is 11.6 Å². The van der Waals surface area contributed by atoms with Crippen LogP contribution >= 0.6 is 0 Å². The second-order valence-corrected chi connectivity index (χ2v) is 7.87. The molecule has 168 valence electrons. The number of nitrogens with one attached hydrogen (secondary N) is 2. The third-order valence-electron chi connectivity index (χ3n) is 5.48. The number of urea groups is 1. The first-order valence-corrected chi connectivity index (χ1v) is 10.5. The molecule has 4 N–H and O–H groups in total. The summed E-state index contributed by atoms with van der Waals surface area (Å²) in [6, 6.07) is 12.9. The molecule has 0 aliphatic heterocycles. The molecule has 0 spiro atoms. The molecule has 2 amide bonds. The zero-order valence-electron chi connectivity index (χ0n) is 18.6. The van der Waals surface area contributed by atoms with Gasteiger partial charge in [-0.1, -0.05) is 17.7 Å². The lowest BCUT2D eigenvalue weighted by atomic mass is 10.0. The van der Waals surface area contributed by atoms with Gasteiger partial charge in [0.25, 0.3) is 5.56 Å². The Hall–Kier alpha value is -4.20. The molecular formula is C25H24FN5O2. The Morgan fingerprint density at radius 2 is 1.79 bits per heavy atom. The number of fused-ring (bicyclic) bond motifs is 1. The number of carbonyl (C=O) groups is 1. The van der Waals surface area contributed by atoms with Crippen LogP contribution in [-0.4, -0.2) is 15.6 Å². The number of pyridine rings is 2. The summed E-state index contributed by atoms with van der Waals surface area (Å²) in [5.74, 6) is -0.260. The molecule has 0 aliphatic rings. The first-order chi connectivity index (χ1) is 15.8. The minimum absolute atomic E-state index is 0.0946. The highest BCUT2D eigenvalue weighted by molar-refractivity contribution is 6.00. The van der Waals surface area contributed by atoms with Crippen molar-refractivity contribution < 1.29 is 9.18 Å². The van der Waals surface area contributed by atoms with E-state index in [-0.39, 0.29) is 16.7 Å². The topological polar surface area (TPSA) is 102 Å². The molecule has 0 bridgehead atoms. The van der Waals surface area contributed by atoms with Gasteiger partial charge in [-0.05, 0) is 56.7 Å². The predicted octanol–water partition coefficient (Wildman–Crippen LogP) is 5.07. The third-order valence-corrected chi connectivity index (χ3v) is 5.48. The number of aromatic nitrogens is 2. The van der Waals surface area contributed by atoms with Crippen molar-refractivity contribution >= 4 is 34.1 Å². The van der Waals surface area contributed by atoms with Gasteiger partial charge in [-0.25, -0.2) is 14.2 Å². The minimum atomic E-state index is -0.556. The molecule has 33 heavy (non-hydrogen) atoms. The molecule has 7 nitrogen and oxygen atoms in total. The van der Waals surface area contributed by atoms with Crippen LogP contribution in [0.15, 0.2) is 59.5 Å². The number of halogens is 1. The Labute approximate surface area is 190 Å². The van der Waals surface area contributed by atoms with Crippen molar-refractivity contribution in [2.75, 3.05) is 16.4 Å². The monoisotopic (exact) mass is 445 g/mol. The van der Waals surface area contributed by atoms with Crippen LogP contribution in [0.5, 0.6) is 0 Å². The number of hydrogen-bond acceptors (Lipinski definition) is 4. The largest absolute Gasteiger partial charge is 0.384 e. The molecule has 2 aromatic heterocycles. The molecule has 2 aromatic carbocycles. The lowest BCUT2D eigenvalue weighted by molar-refractivity contribution is 0.262. The Kier molecular flexibility index (Phi) is 5.83. The Morgan fingerprint density at radius 3 is 2.48 bits per heavy atom. The van der Waals surface area contributed by atoms with Crippen molar-refractivity contribution in [1.82, 2.24) is 9.55 Å². The smallest absolute Gasteiger partial charge is 0.323 e. The van der Waals surface area contributed by atoms with Gasteiger partial charge in [0.15, 0.2) is 0 Å². The summed E-state index contributed by atoms with van der Waals surface area (Å²) >= 11 is 0. The van der Waals surface area contributed by atoms with Crippen LogP contribution in [0.3, 0.4) is 0 Å². The van der Waals surface area contributed by atoms with Crippen molar-refractivity contribution in [3.63, 3.8) is 0 Å². The zero-order chi connectivity index (χ0) is 23.7. The second-order valence-electron chi connectivity index (χ2n) is 7.87. The summed E-state index contributed by atoms with van der Waals surface area (Å²) in [5.41, 5.74) is 8.96. The first kappa shape index (κ1) is 22.0. The molecule has 0 saturated carbocycles. The fourth-order valence-electron chi connectivity index (χ4n) is 3.73. The van der Waals surface area contributed by atoms with Crippen LogP contribution in [-0.2, 0) is 6.54 Å². The standard InChI is InChI=1S/C25H24FN5O2/c1-4-31-22-12-23(27)28-13-16(22)10-19(24(31)32)18-11-21(15(3)9-20(18)26)30-25(33)29-17-7-5-14(2)6-8-17/h5-13H,4H2,1-3H3,(H2,27,28)(H2,29,30,33). The van der Waals surface area contributed by atoms with Crippen LogP contribution in [0.1, 0.15) is 18.1 Å². The van der Waals surface area contributed by atoms with Crippen molar-refractivity contribution in [1.29, 1.82) is 0 Å². The van der Waals surface area contributed by atoms with Gasteiger partial charge in [-0.3, -0.25) is 4.79 Å². The molecule has 4 aromatic rings. The number of rotatable bonds is 4. The quantitative estimate of drug-likeness (QED) is 0.408. The summed E-state index contributed by atoms with van der Waals surface area (Å²) < 4.78 is 16.5. The first-order valence-electron chi connectivity index (χ1n) is 10.5. The molecular weight excluding hydrogens is 421 g/mol. The number of carbonyl (C=O) groups excluding carboxylic acids is 1. The maximum Gasteiger partial charge on any atom is 0.323 e. The number of nitrogen functional groups attached to an aromatic ring is 1. The van der Waals surface area contributed by atoms with Crippen LogP contribution in [0.4, 0.5) is 26.4 Å². The van der Waals surface area contributed by atoms with Gasteiger partial charge in [0.05, 0.1) is 11.1 Å². The average molecular weight is 445 g/mol. The third kappa shape index (κ3) is 4.41. The van der Waals surface area contributed by atoms with E-state index in [2.05, 4.69) is 15.6 Å². The molecule has 0 unspecified atom stereocenters. The molecule has 0 saturated heterocycles. The highest BCUT2D eigenvalue weighted by atomic mass is 19.1. The number of aryl methyl sites for hydroxylation is 3. The van der Waals surface area contributed by atoms with E-state index in [1.807, 2.05) is 26.0 Å². The molecule has 4 rings (SSSR count).